The van der Waals surface area contributed by atoms with Gasteiger partial charge in [0, 0.05) is 25.6 Å². The van der Waals surface area contributed by atoms with Crippen LogP contribution in [0.15, 0.2) is 35.1 Å². The molecule has 1 aromatic carbocycles. The first-order chi connectivity index (χ1) is 13.6. The molecular formula is C19H23N7O2. The summed E-state index contributed by atoms with van der Waals surface area (Å²) in [5.74, 6) is 0.873. The molecule has 1 amide bonds. The predicted molar refractivity (Wildman–Crippen MR) is 105 cm³/mol. The van der Waals surface area contributed by atoms with Crippen molar-refractivity contribution < 1.29 is 4.79 Å². The summed E-state index contributed by atoms with van der Waals surface area (Å²) in [5, 5.41) is 13.6. The van der Waals surface area contributed by atoms with E-state index in [4.69, 9.17) is 5.73 Å². The Morgan fingerprint density at radius 2 is 2.04 bits per heavy atom. The lowest BCUT2D eigenvalue weighted by Crippen LogP contribution is -2.40. The van der Waals surface area contributed by atoms with E-state index in [1.54, 1.807) is 9.47 Å². The van der Waals surface area contributed by atoms with Crippen LogP contribution in [0, 0.1) is 0 Å². The van der Waals surface area contributed by atoms with E-state index in [0.717, 1.165) is 18.4 Å². The number of carbonyl (C=O) groups excluding carboxylic acids is 1. The summed E-state index contributed by atoms with van der Waals surface area (Å²) in [4.78, 5) is 26.9. The number of nitrogens with one attached hydrogen (secondary N) is 2. The van der Waals surface area contributed by atoms with Crippen molar-refractivity contribution in [2.24, 2.45) is 0 Å². The van der Waals surface area contributed by atoms with Crippen LogP contribution in [-0.2, 0) is 6.54 Å². The number of hydrogen-bond donors (Lipinski definition) is 3. The summed E-state index contributed by atoms with van der Waals surface area (Å²) in [5.41, 5.74) is 7.68. The van der Waals surface area contributed by atoms with Crippen molar-refractivity contribution in [2.45, 2.75) is 32.2 Å². The first kappa shape index (κ1) is 18.0. The fourth-order valence-electron chi connectivity index (χ4n) is 3.89. The first-order valence-electron chi connectivity index (χ1n) is 9.43. The van der Waals surface area contributed by atoms with Gasteiger partial charge in [0.1, 0.15) is 11.5 Å². The van der Waals surface area contributed by atoms with E-state index in [2.05, 4.69) is 20.4 Å². The number of nitrogens with zero attached hydrogens (tertiary/aromatic N) is 4. The van der Waals surface area contributed by atoms with E-state index in [0.29, 0.717) is 42.5 Å². The number of nitrogen functional groups attached to an aromatic ring is 1. The minimum absolute atomic E-state index is 0.0112. The van der Waals surface area contributed by atoms with Gasteiger partial charge in [0.2, 0.25) is 0 Å². The fraction of sp³-hybridized carbons (Fsp3) is 0.368. The van der Waals surface area contributed by atoms with Gasteiger partial charge in [-0.3, -0.25) is 14.5 Å². The molecule has 4 rings (SSSR count). The van der Waals surface area contributed by atoms with Gasteiger partial charge in [0.15, 0.2) is 5.82 Å². The van der Waals surface area contributed by atoms with Gasteiger partial charge < -0.3 is 10.6 Å². The van der Waals surface area contributed by atoms with Gasteiger partial charge in [0.25, 0.3) is 5.91 Å². The monoisotopic (exact) mass is 381 g/mol. The Morgan fingerprint density at radius 3 is 2.79 bits per heavy atom. The van der Waals surface area contributed by atoms with Crippen LogP contribution in [0.3, 0.4) is 0 Å². The van der Waals surface area contributed by atoms with E-state index in [1.165, 1.54) is 0 Å². The molecule has 3 heterocycles. The van der Waals surface area contributed by atoms with Crippen molar-refractivity contribution in [1.29, 1.82) is 0 Å². The van der Waals surface area contributed by atoms with Gasteiger partial charge in [-0.05, 0) is 25.3 Å². The number of piperidine rings is 1. The molecule has 0 aliphatic carbocycles. The van der Waals surface area contributed by atoms with E-state index in [-0.39, 0.29) is 17.5 Å². The van der Waals surface area contributed by atoms with Crippen molar-refractivity contribution in [3.8, 4) is 11.1 Å². The number of carbonyl (C=O) groups is 1. The molecular weight excluding hydrogens is 358 g/mol. The number of rotatable bonds is 4. The summed E-state index contributed by atoms with van der Waals surface area (Å²) in [6.45, 7) is 3.59. The molecule has 1 atom stereocenters. The van der Waals surface area contributed by atoms with E-state index in [9.17, 15) is 9.59 Å². The fourth-order valence-corrected chi connectivity index (χ4v) is 3.89. The van der Waals surface area contributed by atoms with Crippen LogP contribution in [0.4, 0.5) is 5.82 Å². The molecule has 0 saturated carbocycles. The van der Waals surface area contributed by atoms with E-state index < -0.39 is 0 Å². The maximum Gasteiger partial charge on any atom is 0.343 e. The molecule has 9 nitrogen and oxygen atoms in total. The van der Waals surface area contributed by atoms with E-state index in [1.807, 2.05) is 37.3 Å². The number of amides is 1. The Morgan fingerprint density at radius 1 is 1.25 bits per heavy atom. The smallest absolute Gasteiger partial charge is 0.343 e. The molecule has 0 bridgehead atoms. The van der Waals surface area contributed by atoms with Gasteiger partial charge >= 0.3 is 5.69 Å². The van der Waals surface area contributed by atoms with Crippen LogP contribution in [0.1, 0.15) is 42.0 Å². The highest BCUT2D eigenvalue weighted by Gasteiger charge is 2.31. The zero-order chi connectivity index (χ0) is 19.7. The van der Waals surface area contributed by atoms with E-state index >= 15 is 0 Å². The lowest BCUT2D eigenvalue weighted by atomic mass is 9.96. The van der Waals surface area contributed by atoms with Crippen molar-refractivity contribution >= 4 is 11.7 Å². The molecule has 4 N–H and O–H groups in total. The Kier molecular flexibility index (Phi) is 4.72. The Hall–Kier alpha value is -3.36. The third kappa shape index (κ3) is 3.08. The number of hydrogen-bond acceptors (Lipinski definition) is 5. The number of benzene rings is 1. The Bertz CT molecular complexity index is 1030. The molecule has 1 fully saturated rings. The highest BCUT2D eigenvalue weighted by Crippen LogP contribution is 2.31. The van der Waals surface area contributed by atoms with Crippen molar-refractivity contribution in [2.75, 3.05) is 18.8 Å². The molecule has 1 aliphatic heterocycles. The second-order valence-electron chi connectivity index (χ2n) is 6.95. The average molecular weight is 381 g/mol. The first-order valence-corrected chi connectivity index (χ1v) is 9.43. The summed E-state index contributed by atoms with van der Waals surface area (Å²) >= 11 is 0. The topological polar surface area (TPSA) is 126 Å². The van der Waals surface area contributed by atoms with Gasteiger partial charge in [0.05, 0.1) is 5.56 Å². The third-order valence-electron chi connectivity index (χ3n) is 5.25. The lowest BCUT2D eigenvalue weighted by Gasteiger charge is -2.32. The maximum absolute atomic E-state index is 13.2. The summed E-state index contributed by atoms with van der Waals surface area (Å²) in [7, 11) is 0. The largest absolute Gasteiger partial charge is 0.382 e. The highest BCUT2D eigenvalue weighted by molar-refractivity contribution is 6.01. The van der Waals surface area contributed by atoms with Crippen LogP contribution in [0.5, 0.6) is 0 Å². The molecule has 0 unspecified atom stereocenters. The Balaban J connectivity index is 1.62. The number of nitrogens with two attached hydrogens (primary N) is 1. The number of likely N-dealkylation sites (tertiary alicyclic amines) is 1. The number of aromatic amines is 2. The molecule has 3 aromatic rings. The molecule has 146 valence electrons. The zero-order valence-corrected chi connectivity index (χ0v) is 15.7. The Labute approximate surface area is 161 Å². The summed E-state index contributed by atoms with van der Waals surface area (Å²) in [6.07, 6.45) is 1.72. The SMILES string of the molecule is CCn1c([C@@H]2CCCN(C(=O)c3[nH]nc(N)c3-c3ccccc3)C2)n[nH]c1=O. The van der Waals surface area contributed by atoms with Gasteiger partial charge in [-0.25, -0.2) is 9.89 Å². The average Bonchev–Trinajstić information content (AvgIpc) is 3.30. The van der Waals surface area contributed by atoms with Gasteiger partial charge in [-0.15, -0.1) is 0 Å². The number of H-pyrrole nitrogens is 2. The van der Waals surface area contributed by atoms with Crippen LogP contribution in [0.25, 0.3) is 11.1 Å². The molecule has 0 radical (unpaired) electrons. The van der Waals surface area contributed by atoms with Crippen LogP contribution < -0.4 is 11.4 Å². The van der Waals surface area contributed by atoms with Crippen LogP contribution in [-0.4, -0.2) is 48.9 Å². The molecule has 0 spiro atoms. The minimum atomic E-state index is -0.214. The lowest BCUT2D eigenvalue weighted by molar-refractivity contribution is 0.0698. The summed E-state index contributed by atoms with van der Waals surface area (Å²) < 4.78 is 1.63. The second-order valence-corrected chi connectivity index (χ2v) is 6.95. The molecule has 1 saturated heterocycles. The number of anilines is 1. The molecule has 2 aromatic heterocycles. The highest BCUT2D eigenvalue weighted by atomic mass is 16.2. The molecule has 1 aliphatic rings. The van der Waals surface area contributed by atoms with Crippen LogP contribution >= 0.6 is 0 Å². The van der Waals surface area contributed by atoms with Crippen LogP contribution in [0.2, 0.25) is 0 Å². The number of aromatic nitrogens is 5. The van der Waals surface area contributed by atoms with Gasteiger partial charge in [-0.1, -0.05) is 30.3 Å². The molecule has 28 heavy (non-hydrogen) atoms. The maximum atomic E-state index is 13.2. The summed E-state index contributed by atoms with van der Waals surface area (Å²) in [6, 6.07) is 9.51. The standard InChI is InChI=1S/C19H23N7O2/c1-2-26-17(23-24-19(26)28)13-9-6-10-25(11-13)18(27)15-14(16(20)22-21-15)12-7-4-3-5-8-12/h3-5,7-8,13H,2,6,9-11H2,1H3,(H,24,28)(H3,20,21,22)/t13-/m1/s1. The zero-order valence-electron chi connectivity index (χ0n) is 15.7. The van der Waals surface area contributed by atoms with Gasteiger partial charge in [-0.2, -0.15) is 10.2 Å². The predicted octanol–water partition coefficient (Wildman–Crippen LogP) is 1.58. The minimum Gasteiger partial charge on any atom is -0.382 e. The third-order valence-corrected chi connectivity index (χ3v) is 5.25. The quantitative estimate of drug-likeness (QED) is 0.633. The normalized spacial score (nSPS) is 17.0. The molecule has 9 heteroatoms. The van der Waals surface area contributed by atoms with Crippen molar-refractivity contribution in [3.05, 3.63) is 52.3 Å². The van der Waals surface area contributed by atoms with Crippen molar-refractivity contribution in [1.82, 2.24) is 29.9 Å². The van der Waals surface area contributed by atoms with Crippen molar-refractivity contribution in [3.63, 3.8) is 0 Å². The second kappa shape index (κ2) is 7.34.